The third-order valence-electron chi connectivity index (χ3n) is 3.54. The second-order valence-corrected chi connectivity index (χ2v) is 6.55. The molecule has 0 bridgehead atoms. The van der Waals surface area contributed by atoms with Gasteiger partial charge in [-0.1, -0.05) is 26.8 Å². The third kappa shape index (κ3) is 4.27. The lowest BCUT2D eigenvalue weighted by Gasteiger charge is -2.27. The van der Waals surface area contributed by atoms with Crippen LogP contribution in [0.15, 0.2) is 18.2 Å². The second kappa shape index (κ2) is 7.20. The molecule has 0 saturated heterocycles. The van der Waals surface area contributed by atoms with E-state index in [1.165, 1.54) is 0 Å². The number of hydrogen-bond acceptors (Lipinski definition) is 4. The van der Waals surface area contributed by atoms with Crippen LogP contribution in [0.3, 0.4) is 0 Å². The maximum absolute atomic E-state index is 12.0. The molecule has 22 heavy (non-hydrogen) atoms. The Hall–Kier alpha value is -1.46. The van der Waals surface area contributed by atoms with E-state index < -0.39 is 0 Å². The van der Waals surface area contributed by atoms with Gasteiger partial charge >= 0.3 is 0 Å². The number of carbonyl (C=O) groups is 1. The van der Waals surface area contributed by atoms with Crippen molar-refractivity contribution in [2.24, 2.45) is 5.41 Å². The number of hydrogen-bond donors (Lipinski definition) is 1. The zero-order valence-corrected chi connectivity index (χ0v) is 14.6. The zero-order chi connectivity index (χ0) is 15.6. The van der Waals surface area contributed by atoms with Gasteiger partial charge in [-0.25, -0.2) is 0 Å². The maximum atomic E-state index is 12.0. The monoisotopic (exact) mass is 328 g/mol. The van der Waals surface area contributed by atoms with E-state index in [0.29, 0.717) is 6.54 Å². The number of halogens is 1. The first kappa shape index (κ1) is 18.6. The molecule has 0 saturated carbocycles. The predicted octanol–water partition coefficient (Wildman–Crippen LogP) is 2.60. The van der Waals surface area contributed by atoms with Crippen molar-refractivity contribution in [3.05, 3.63) is 23.8 Å². The van der Waals surface area contributed by atoms with Gasteiger partial charge in [-0.15, -0.1) is 12.4 Å². The van der Waals surface area contributed by atoms with E-state index in [1.54, 1.807) is 0 Å². The highest BCUT2D eigenvalue weighted by Gasteiger charge is 2.24. The average molecular weight is 329 g/mol. The Bertz CT molecular complexity index is 527. The summed E-state index contributed by atoms with van der Waals surface area (Å²) >= 11 is 0. The van der Waals surface area contributed by atoms with Gasteiger partial charge in [0.15, 0.2) is 11.5 Å². The molecule has 5 nitrogen and oxygen atoms in total. The molecule has 1 aliphatic rings. The van der Waals surface area contributed by atoms with Crippen LogP contribution in [0.4, 0.5) is 0 Å². The Morgan fingerprint density at radius 3 is 2.50 bits per heavy atom. The molecule has 0 aromatic heterocycles. The molecule has 1 heterocycles. The van der Waals surface area contributed by atoms with Crippen molar-refractivity contribution < 1.29 is 14.3 Å². The van der Waals surface area contributed by atoms with Crippen LogP contribution < -0.4 is 14.8 Å². The number of carbonyl (C=O) groups excluding carboxylic acids is 1. The van der Waals surface area contributed by atoms with Crippen LogP contribution in [-0.4, -0.2) is 38.2 Å². The molecular weight excluding hydrogens is 304 g/mol. The fourth-order valence-corrected chi connectivity index (χ4v) is 2.17. The highest BCUT2D eigenvalue weighted by atomic mass is 35.5. The highest BCUT2D eigenvalue weighted by Crippen LogP contribution is 2.35. The van der Waals surface area contributed by atoms with Crippen LogP contribution in [0.2, 0.25) is 0 Å². The van der Waals surface area contributed by atoms with Crippen molar-refractivity contribution in [3.63, 3.8) is 0 Å². The van der Waals surface area contributed by atoms with Gasteiger partial charge in [0.2, 0.25) is 12.7 Å². The summed E-state index contributed by atoms with van der Waals surface area (Å²) in [7, 11) is 4.00. The van der Waals surface area contributed by atoms with Crippen molar-refractivity contribution in [3.8, 4) is 11.5 Å². The molecule has 6 heteroatoms. The first-order valence-electron chi connectivity index (χ1n) is 7.13. The number of likely N-dealkylation sites (N-methyl/N-ethyl adjacent to an activating group) is 1. The summed E-state index contributed by atoms with van der Waals surface area (Å²) in [5, 5.41) is 3.02. The van der Waals surface area contributed by atoms with Gasteiger partial charge in [-0.2, -0.15) is 0 Å². The van der Waals surface area contributed by atoms with E-state index in [9.17, 15) is 4.79 Å². The van der Waals surface area contributed by atoms with E-state index in [4.69, 9.17) is 9.47 Å². The van der Waals surface area contributed by atoms with Gasteiger partial charge < -0.3 is 19.7 Å². The predicted molar refractivity (Wildman–Crippen MR) is 88.7 cm³/mol. The molecular formula is C16H25ClN2O3. The fraction of sp³-hybridized carbons (Fsp3) is 0.562. The Kier molecular flexibility index (Phi) is 6.08. The topological polar surface area (TPSA) is 50.8 Å². The fourth-order valence-electron chi connectivity index (χ4n) is 2.17. The van der Waals surface area contributed by atoms with Crippen molar-refractivity contribution in [2.75, 3.05) is 27.4 Å². The van der Waals surface area contributed by atoms with Crippen molar-refractivity contribution in [1.29, 1.82) is 0 Å². The molecule has 1 N–H and O–H groups in total. The molecule has 1 unspecified atom stereocenters. The minimum atomic E-state index is -0.383. The van der Waals surface area contributed by atoms with E-state index in [2.05, 4.69) is 10.2 Å². The number of amides is 1. The molecule has 0 radical (unpaired) electrons. The molecule has 0 spiro atoms. The second-order valence-electron chi connectivity index (χ2n) is 6.55. The van der Waals surface area contributed by atoms with Gasteiger partial charge in [0.05, 0.1) is 6.04 Å². The number of fused-ring (bicyclic) bond motifs is 1. The molecule has 1 atom stereocenters. The first-order valence-corrected chi connectivity index (χ1v) is 7.13. The number of nitrogens with zero attached hydrogens (tertiary/aromatic N) is 1. The Morgan fingerprint density at radius 1 is 1.27 bits per heavy atom. The van der Waals surface area contributed by atoms with Crippen LogP contribution in [0.25, 0.3) is 0 Å². The molecule has 0 fully saturated rings. The Labute approximate surface area is 138 Å². The largest absolute Gasteiger partial charge is 0.454 e. The molecule has 2 rings (SSSR count). The lowest BCUT2D eigenvalue weighted by atomic mass is 9.95. The van der Waals surface area contributed by atoms with E-state index in [-0.39, 0.29) is 36.6 Å². The van der Waals surface area contributed by atoms with E-state index in [1.807, 2.05) is 53.1 Å². The molecule has 0 aliphatic carbocycles. The van der Waals surface area contributed by atoms with Gasteiger partial charge in [-0.3, -0.25) is 4.79 Å². The van der Waals surface area contributed by atoms with Crippen molar-refractivity contribution in [2.45, 2.75) is 26.8 Å². The summed E-state index contributed by atoms with van der Waals surface area (Å²) in [5.41, 5.74) is 0.713. The Morgan fingerprint density at radius 2 is 1.91 bits per heavy atom. The van der Waals surface area contributed by atoms with Crippen molar-refractivity contribution >= 4 is 18.3 Å². The van der Waals surface area contributed by atoms with Gasteiger partial charge in [0.1, 0.15) is 0 Å². The van der Waals surface area contributed by atoms with E-state index >= 15 is 0 Å². The average Bonchev–Trinajstić information content (AvgIpc) is 2.84. The van der Waals surface area contributed by atoms with Crippen LogP contribution in [0.1, 0.15) is 32.4 Å². The smallest absolute Gasteiger partial charge is 0.231 e. The number of benzene rings is 1. The SMILES string of the molecule is CN(C)C(CNC(=O)C(C)(C)C)c1ccc2c(c1)OCO2.Cl. The third-order valence-corrected chi connectivity index (χ3v) is 3.54. The molecule has 1 aromatic carbocycles. The van der Waals surface area contributed by atoms with Crippen LogP contribution in [-0.2, 0) is 4.79 Å². The number of rotatable bonds is 4. The quantitative estimate of drug-likeness (QED) is 0.923. The maximum Gasteiger partial charge on any atom is 0.231 e. The molecule has 1 aromatic rings. The van der Waals surface area contributed by atoms with Crippen LogP contribution in [0, 0.1) is 5.41 Å². The minimum Gasteiger partial charge on any atom is -0.454 e. The number of nitrogens with one attached hydrogen (secondary N) is 1. The number of ether oxygens (including phenoxy) is 2. The summed E-state index contributed by atoms with van der Waals surface area (Å²) in [5.74, 6) is 1.59. The van der Waals surface area contributed by atoms with Gasteiger partial charge in [0, 0.05) is 12.0 Å². The van der Waals surface area contributed by atoms with Crippen LogP contribution in [0.5, 0.6) is 11.5 Å². The normalized spacial score (nSPS) is 14.5. The summed E-state index contributed by atoms with van der Waals surface area (Å²) in [6.07, 6.45) is 0. The molecule has 1 aliphatic heterocycles. The lowest BCUT2D eigenvalue weighted by Crippen LogP contribution is -2.40. The summed E-state index contributed by atoms with van der Waals surface area (Å²) in [4.78, 5) is 14.1. The zero-order valence-electron chi connectivity index (χ0n) is 13.8. The first-order chi connectivity index (χ1) is 9.79. The summed E-state index contributed by atoms with van der Waals surface area (Å²) in [6.45, 7) is 6.56. The van der Waals surface area contributed by atoms with Gasteiger partial charge in [-0.05, 0) is 31.8 Å². The van der Waals surface area contributed by atoms with Gasteiger partial charge in [0.25, 0.3) is 0 Å². The van der Waals surface area contributed by atoms with Crippen molar-refractivity contribution in [1.82, 2.24) is 10.2 Å². The highest BCUT2D eigenvalue weighted by molar-refractivity contribution is 5.85. The lowest BCUT2D eigenvalue weighted by molar-refractivity contribution is -0.128. The standard InChI is InChI=1S/C16H24N2O3.ClH/c1-16(2,3)15(19)17-9-12(18(4)5)11-6-7-13-14(8-11)21-10-20-13;/h6-8,12H,9-10H2,1-5H3,(H,17,19);1H. The Balaban J connectivity index is 0.00000242. The molecule has 1 amide bonds. The summed E-state index contributed by atoms with van der Waals surface area (Å²) in [6, 6.07) is 6.00. The minimum absolute atomic E-state index is 0. The molecule has 124 valence electrons. The van der Waals surface area contributed by atoms with E-state index in [0.717, 1.165) is 17.1 Å². The van der Waals surface area contributed by atoms with Crippen LogP contribution >= 0.6 is 12.4 Å². The summed E-state index contributed by atoms with van der Waals surface area (Å²) < 4.78 is 10.8.